The van der Waals surface area contributed by atoms with Crippen molar-refractivity contribution in [2.24, 2.45) is 0 Å². The zero-order valence-corrected chi connectivity index (χ0v) is 7.68. The summed E-state index contributed by atoms with van der Waals surface area (Å²) in [6.45, 7) is 0.702. The first-order chi connectivity index (χ1) is 6.24. The average Bonchev–Trinajstić information content (AvgIpc) is 2.12. The molecule has 0 radical (unpaired) electrons. The topological polar surface area (TPSA) is 45.1 Å². The van der Waals surface area contributed by atoms with E-state index in [1.165, 1.54) is 6.07 Å². The lowest BCUT2D eigenvalue weighted by molar-refractivity contribution is 0.292. The fraction of sp³-hybridized carbons (Fsp3) is 0.375. The van der Waals surface area contributed by atoms with Gasteiger partial charge in [-0.1, -0.05) is 11.6 Å². The van der Waals surface area contributed by atoms with Crippen molar-refractivity contribution in [3.05, 3.63) is 23.1 Å². The van der Waals surface area contributed by atoms with Crippen molar-refractivity contribution in [3.63, 3.8) is 0 Å². The zero-order valence-electron chi connectivity index (χ0n) is 6.93. The van der Waals surface area contributed by atoms with E-state index in [2.05, 4.69) is 10.3 Å². The van der Waals surface area contributed by atoms with E-state index in [0.717, 1.165) is 6.20 Å². The number of hydrogen-bond donors (Lipinski definition) is 2. The summed E-state index contributed by atoms with van der Waals surface area (Å²) in [6, 6.07) is 1.41. The van der Waals surface area contributed by atoms with Gasteiger partial charge in [0.25, 0.3) is 0 Å². The zero-order chi connectivity index (χ0) is 9.68. The first-order valence-electron chi connectivity index (χ1n) is 3.90. The average molecular weight is 205 g/mol. The van der Waals surface area contributed by atoms with Crippen LogP contribution in [0.1, 0.15) is 6.42 Å². The quantitative estimate of drug-likeness (QED) is 0.734. The number of anilines is 1. The highest BCUT2D eigenvalue weighted by Gasteiger charge is 2.00. The smallest absolute Gasteiger partial charge is 0.160 e. The molecule has 0 saturated heterocycles. The van der Waals surface area contributed by atoms with E-state index in [9.17, 15) is 4.39 Å². The summed E-state index contributed by atoms with van der Waals surface area (Å²) in [5.41, 5.74) is 0. The van der Waals surface area contributed by atoms with E-state index in [4.69, 9.17) is 16.7 Å². The molecule has 0 bridgehead atoms. The van der Waals surface area contributed by atoms with Crippen LogP contribution in [-0.4, -0.2) is 23.2 Å². The fourth-order valence-electron chi connectivity index (χ4n) is 0.806. The molecule has 1 heterocycles. The summed E-state index contributed by atoms with van der Waals surface area (Å²) < 4.78 is 12.6. The highest BCUT2D eigenvalue weighted by atomic mass is 35.5. The second kappa shape index (κ2) is 4.99. The highest BCUT2D eigenvalue weighted by Crippen LogP contribution is 2.16. The molecule has 0 fully saturated rings. The van der Waals surface area contributed by atoms with Crippen LogP contribution >= 0.6 is 11.6 Å². The van der Waals surface area contributed by atoms with E-state index >= 15 is 0 Å². The van der Waals surface area contributed by atoms with Gasteiger partial charge in [-0.2, -0.15) is 0 Å². The van der Waals surface area contributed by atoms with Crippen LogP contribution in [0.5, 0.6) is 0 Å². The SMILES string of the molecule is OCCCNc1cc(Cl)c(F)cn1. The number of rotatable bonds is 4. The minimum absolute atomic E-state index is 0.0431. The summed E-state index contributed by atoms with van der Waals surface area (Å²) in [4.78, 5) is 3.76. The number of halogens is 2. The minimum Gasteiger partial charge on any atom is -0.396 e. The van der Waals surface area contributed by atoms with Crippen LogP contribution in [0.4, 0.5) is 10.2 Å². The molecule has 1 aromatic rings. The standard InChI is InChI=1S/C8H10ClFN2O/c9-6-4-8(11-2-1-3-13)12-5-7(6)10/h4-5,13H,1-3H2,(H,11,12). The molecule has 5 heteroatoms. The van der Waals surface area contributed by atoms with Crippen LogP contribution < -0.4 is 5.32 Å². The summed E-state index contributed by atoms with van der Waals surface area (Å²) in [5, 5.41) is 11.4. The van der Waals surface area contributed by atoms with Gasteiger partial charge in [-0.3, -0.25) is 0 Å². The summed E-state index contributed by atoms with van der Waals surface area (Å²) in [5.74, 6) is -0.0192. The largest absolute Gasteiger partial charge is 0.396 e. The molecule has 1 rings (SSSR count). The maximum Gasteiger partial charge on any atom is 0.160 e. The first-order valence-corrected chi connectivity index (χ1v) is 4.27. The molecule has 0 aliphatic rings. The molecule has 0 spiro atoms. The molecule has 1 aromatic heterocycles. The van der Waals surface area contributed by atoms with Crippen molar-refractivity contribution in [2.75, 3.05) is 18.5 Å². The van der Waals surface area contributed by atoms with Crippen LogP contribution in [0.2, 0.25) is 5.02 Å². The lowest BCUT2D eigenvalue weighted by Crippen LogP contribution is -2.04. The maximum absolute atomic E-state index is 12.6. The molecular weight excluding hydrogens is 195 g/mol. The Kier molecular flexibility index (Phi) is 3.92. The van der Waals surface area contributed by atoms with Gasteiger partial charge < -0.3 is 10.4 Å². The molecule has 2 N–H and O–H groups in total. The molecule has 13 heavy (non-hydrogen) atoms. The van der Waals surface area contributed by atoms with E-state index in [0.29, 0.717) is 18.8 Å². The molecule has 0 amide bonds. The Morgan fingerprint density at radius 1 is 1.62 bits per heavy atom. The van der Waals surface area contributed by atoms with E-state index < -0.39 is 5.82 Å². The van der Waals surface area contributed by atoms with Gasteiger partial charge in [0.05, 0.1) is 11.2 Å². The minimum atomic E-state index is -0.533. The number of nitrogens with one attached hydrogen (secondary N) is 1. The number of nitrogens with zero attached hydrogens (tertiary/aromatic N) is 1. The van der Waals surface area contributed by atoms with Crippen LogP contribution in [-0.2, 0) is 0 Å². The van der Waals surface area contributed by atoms with Crippen molar-refractivity contribution in [1.82, 2.24) is 4.98 Å². The lowest BCUT2D eigenvalue weighted by Gasteiger charge is -2.04. The Bertz CT molecular complexity index is 283. The monoisotopic (exact) mass is 204 g/mol. The van der Waals surface area contributed by atoms with Crippen LogP contribution in [0.15, 0.2) is 12.3 Å². The molecular formula is C8H10ClFN2O. The van der Waals surface area contributed by atoms with Crippen LogP contribution in [0.3, 0.4) is 0 Å². The van der Waals surface area contributed by atoms with Crippen molar-refractivity contribution >= 4 is 17.4 Å². The summed E-state index contributed by atoms with van der Waals surface area (Å²) in [6.07, 6.45) is 1.68. The number of pyridine rings is 1. The van der Waals surface area contributed by atoms with Crippen molar-refractivity contribution in [3.8, 4) is 0 Å². The third kappa shape index (κ3) is 3.16. The normalized spacial score (nSPS) is 10.1. The molecule has 3 nitrogen and oxygen atoms in total. The van der Waals surface area contributed by atoms with Gasteiger partial charge in [0.2, 0.25) is 0 Å². The number of hydrogen-bond acceptors (Lipinski definition) is 3. The van der Waals surface area contributed by atoms with Gasteiger partial charge in [0, 0.05) is 19.2 Å². The number of aliphatic hydroxyl groups excluding tert-OH is 1. The molecule has 72 valence electrons. The molecule has 0 aromatic carbocycles. The second-order valence-corrected chi connectivity index (χ2v) is 2.89. The van der Waals surface area contributed by atoms with Crippen molar-refractivity contribution in [1.29, 1.82) is 0 Å². The molecule has 0 aliphatic carbocycles. The Morgan fingerprint density at radius 3 is 3.00 bits per heavy atom. The fourth-order valence-corrected chi connectivity index (χ4v) is 0.958. The molecule has 0 unspecified atom stereocenters. The van der Waals surface area contributed by atoms with Gasteiger partial charge in [0.15, 0.2) is 5.82 Å². The molecule has 0 saturated carbocycles. The van der Waals surface area contributed by atoms with E-state index in [1.807, 2.05) is 0 Å². The Hall–Kier alpha value is -0.870. The summed E-state index contributed by atoms with van der Waals surface area (Å²) in [7, 11) is 0. The Morgan fingerprint density at radius 2 is 2.38 bits per heavy atom. The van der Waals surface area contributed by atoms with Crippen LogP contribution in [0.25, 0.3) is 0 Å². The molecule has 0 aliphatic heterocycles. The third-order valence-electron chi connectivity index (χ3n) is 1.45. The number of aliphatic hydroxyl groups is 1. The van der Waals surface area contributed by atoms with Gasteiger partial charge in [0.1, 0.15) is 5.82 Å². The lowest BCUT2D eigenvalue weighted by atomic mass is 10.4. The summed E-state index contributed by atoms with van der Waals surface area (Å²) >= 11 is 5.52. The van der Waals surface area contributed by atoms with Gasteiger partial charge in [-0.15, -0.1) is 0 Å². The predicted molar refractivity (Wildman–Crippen MR) is 49.4 cm³/mol. The number of aromatic nitrogens is 1. The Balaban J connectivity index is 2.53. The van der Waals surface area contributed by atoms with Gasteiger partial charge in [-0.05, 0) is 6.42 Å². The van der Waals surface area contributed by atoms with Crippen molar-refractivity contribution < 1.29 is 9.50 Å². The molecule has 0 atom stereocenters. The predicted octanol–water partition coefficient (Wildman–Crippen LogP) is 1.67. The van der Waals surface area contributed by atoms with Gasteiger partial charge in [-0.25, -0.2) is 9.37 Å². The Labute approximate surface area is 80.6 Å². The van der Waals surface area contributed by atoms with E-state index in [1.54, 1.807) is 0 Å². The third-order valence-corrected chi connectivity index (χ3v) is 1.74. The van der Waals surface area contributed by atoms with E-state index in [-0.39, 0.29) is 11.6 Å². The van der Waals surface area contributed by atoms with Crippen LogP contribution in [0, 0.1) is 5.82 Å². The highest BCUT2D eigenvalue weighted by molar-refractivity contribution is 6.30. The maximum atomic E-state index is 12.6. The van der Waals surface area contributed by atoms with Crippen molar-refractivity contribution in [2.45, 2.75) is 6.42 Å². The van der Waals surface area contributed by atoms with Gasteiger partial charge >= 0.3 is 0 Å². The first kappa shape index (κ1) is 10.2. The second-order valence-electron chi connectivity index (χ2n) is 2.49.